The number of aromatic nitrogens is 2. The van der Waals surface area contributed by atoms with Gasteiger partial charge in [-0.25, -0.2) is 4.98 Å². The maximum absolute atomic E-state index is 6.11. The van der Waals surface area contributed by atoms with Crippen molar-refractivity contribution in [1.29, 1.82) is 0 Å². The van der Waals surface area contributed by atoms with Gasteiger partial charge in [-0.2, -0.15) is 4.98 Å². The van der Waals surface area contributed by atoms with Crippen LogP contribution in [0.4, 0.5) is 11.8 Å². The lowest BCUT2D eigenvalue weighted by Crippen LogP contribution is -2.44. The average molecular weight is 323 g/mol. The summed E-state index contributed by atoms with van der Waals surface area (Å²) in [6.07, 6.45) is 3.25. The molecule has 0 bridgehead atoms. The molecule has 0 saturated carbocycles. The minimum absolute atomic E-state index is 0.384. The van der Waals surface area contributed by atoms with Crippen LogP contribution in [0.3, 0.4) is 0 Å². The van der Waals surface area contributed by atoms with Gasteiger partial charge in [-0.15, -0.1) is 0 Å². The van der Waals surface area contributed by atoms with E-state index in [2.05, 4.69) is 46.2 Å². The second-order valence-electron chi connectivity index (χ2n) is 6.93. The van der Waals surface area contributed by atoms with Gasteiger partial charge in [0.05, 0.1) is 5.69 Å². The third-order valence-electron chi connectivity index (χ3n) is 5.15. The lowest BCUT2D eigenvalue weighted by molar-refractivity contribution is 0.582. The summed E-state index contributed by atoms with van der Waals surface area (Å²) in [6, 6.07) is 4.53. The van der Waals surface area contributed by atoms with Gasteiger partial charge in [-0.05, 0) is 50.3 Å². The number of nitrogens with zero attached hydrogens (tertiary/aromatic N) is 3. The Hall–Kier alpha value is -2.14. The summed E-state index contributed by atoms with van der Waals surface area (Å²) in [6.45, 7) is 8.30. The van der Waals surface area contributed by atoms with Crippen molar-refractivity contribution in [1.82, 2.24) is 15.3 Å². The van der Waals surface area contributed by atoms with E-state index in [-0.39, 0.29) is 0 Å². The van der Waals surface area contributed by atoms with Crippen molar-refractivity contribution in [3.8, 4) is 11.3 Å². The Bertz CT molecular complexity index is 778. The van der Waals surface area contributed by atoms with E-state index in [1.54, 1.807) is 0 Å². The van der Waals surface area contributed by atoms with E-state index in [0.717, 1.165) is 57.0 Å². The predicted octanol–water partition coefficient (Wildman–Crippen LogP) is 2.24. The number of aryl methyl sites for hydroxylation is 2. The summed E-state index contributed by atoms with van der Waals surface area (Å²) in [5, 5.41) is 3.41. The molecule has 1 aromatic heterocycles. The van der Waals surface area contributed by atoms with Crippen LogP contribution in [0.15, 0.2) is 12.1 Å². The van der Waals surface area contributed by atoms with Gasteiger partial charge in [-0.3, -0.25) is 0 Å². The molecule has 0 atom stereocenters. The van der Waals surface area contributed by atoms with E-state index in [0.29, 0.717) is 5.95 Å². The SMILES string of the molecule is Cc1cc(C)c2c(c1)-c1nc(N)nc(N3CCNCC3)c1CCC2. The summed E-state index contributed by atoms with van der Waals surface area (Å²) in [7, 11) is 0. The molecule has 1 saturated heterocycles. The van der Waals surface area contributed by atoms with Crippen LogP contribution >= 0.6 is 0 Å². The van der Waals surface area contributed by atoms with Gasteiger partial charge >= 0.3 is 0 Å². The number of nitrogens with one attached hydrogen (secondary N) is 1. The van der Waals surface area contributed by atoms with Gasteiger partial charge in [0.15, 0.2) is 0 Å². The highest BCUT2D eigenvalue weighted by molar-refractivity contribution is 5.75. The van der Waals surface area contributed by atoms with Crippen molar-refractivity contribution in [3.05, 3.63) is 34.4 Å². The normalized spacial score (nSPS) is 17.2. The van der Waals surface area contributed by atoms with E-state index in [1.165, 1.54) is 27.8 Å². The van der Waals surface area contributed by atoms with Gasteiger partial charge in [0.25, 0.3) is 0 Å². The summed E-state index contributed by atoms with van der Waals surface area (Å²) in [5.41, 5.74) is 13.7. The number of rotatable bonds is 1. The zero-order chi connectivity index (χ0) is 16.7. The second-order valence-corrected chi connectivity index (χ2v) is 6.93. The second kappa shape index (κ2) is 6.06. The fraction of sp³-hybridized carbons (Fsp3) is 0.474. The summed E-state index contributed by atoms with van der Waals surface area (Å²) >= 11 is 0. The Kier molecular flexibility index (Phi) is 3.88. The molecule has 24 heavy (non-hydrogen) atoms. The first-order valence-corrected chi connectivity index (χ1v) is 8.86. The monoisotopic (exact) mass is 323 g/mol. The van der Waals surface area contributed by atoms with Crippen molar-refractivity contribution >= 4 is 11.8 Å². The van der Waals surface area contributed by atoms with Gasteiger partial charge in [-0.1, -0.05) is 11.6 Å². The number of benzene rings is 1. The largest absolute Gasteiger partial charge is 0.368 e. The zero-order valence-electron chi connectivity index (χ0n) is 14.5. The molecular weight excluding hydrogens is 298 g/mol. The van der Waals surface area contributed by atoms with Crippen LogP contribution in [0.2, 0.25) is 0 Å². The third-order valence-corrected chi connectivity index (χ3v) is 5.15. The van der Waals surface area contributed by atoms with Crippen LogP contribution in [-0.4, -0.2) is 36.1 Å². The van der Waals surface area contributed by atoms with Crippen molar-refractivity contribution in [2.75, 3.05) is 36.8 Å². The summed E-state index contributed by atoms with van der Waals surface area (Å²) in [5.74, 6) is 1.43. The molecule has 0 spiro atoms. The van der Waals surface area contributed by atoms with E-state index in [1.807, 2.05) is 0 Å². The molecule has 1 aliphatic heterocycles. The number of nitrogens with two attached hydrogens (primary N) is 1. The van der Waals surface area contributed by atoms with Gasteiger partial charge in [0.2, 0.25) is 5.95 Å². The van der Waals surface area contributed by atoms with Crippen molar-refractivity contribution in [3.63, 3.8) is 0 Å². The highest BCUT2D eigenvalue weighted by Gasteiger charge is 2.25. The highest BCUT2D eigenvalue weighted by atomic mass is 15.2. The molecule has 2 heterocycles. The van der Waals surface area contributed by atoms with Crippen LogP contribution in [0.5, 0.6) is 0 Å². The number of hydrogen-bond donors (Lipinski definition) is 2. The van der Waals surface area contributed by atoms with Crippen molar-refractivity contribution < 1.29 is 0 Å². The summed E-state index contributed by atoms with van der Waals surface area (Å²) in [4.78, 5) is 11.7. The lowest BCUT2D eigenvalue weighted by Gasteiger charge is -2.30. The molecule has 126 valence electrons. The van der Waals surface area contributed by atoms with Gasteiger partial charge in [0.1, 0.15) is 5.82 Å². The first kappa shape index (κ1) is 15.4. The maximum Gasteiger partial charge on any atom is 0.222 e. The van der Waals surface area contributed by atoms with Crippen molar-refractivity contribution in [2.45, 2.75) is 33.1 Å². The minimum Gasteiger partial charge on any atom is -0.368 e. The van der Waals surface area contributed by atoms with Crippen LogP contribution in [0.1, 0.15) is 28.7 Å². The van der Waals surface area contributed by atoms with Crippen molar-refractivity contribution in [2.24, 2.45) is 0 Å². The first-order chi connectivity index (χ1) is 11.6. The first-order valence-electron chi connectivity index (χ1n) is 8.86. The number of anilines is 2. The Morgan fingerprint density at radius 2 is 1.79 bits per heavy atom. The predicted molar refractivity (Wildman–Crippen MR) is 98.5 cm³/mol. The lowest BCUT2D eigenvalue weighted by atomic mass is 9.95. The highest BCUT2D eigenvalue weighted by Crippen LogP contribution is 2.37. The van der Waals surface area contributed by atoms with E-state index in [9.17, 15) is 0 Å². The smallest absolute Gasteiger partial charge is 0.222 e. The molecule has 4 rings (SSSR count). The number of piperazine rings is 1. The molecule has 2 aromatic rings. The fourth-order valence-corrected chi connectivity index (χ4v) is 4.06. The van der Waals surface area contributed by atoms with Crippen LogP contribution < -0.4 is 16.0 Å². The molecular formula is C19H25N5. The zero-order valence-corrected chi connectivity index (χ0v) is 14.5. The Balaban J connectivity index is 1.92. The molecule has 0 unspecified atom stereocenters. The Morgan fingerprint density at radius 1 is 1.04 bits per heavy atom. The van der Waals surface area contributed by atoms with Crippen LogP contribution in [0.25, 0.3) is 11.3 Å². The quantitative estimate of drug-likeness (QED) is 0.842. The standard InChI is InChI=1S/C19H25N5/c1-12-10-13(2)14-4-3-5-15-17(16(14)11-12)22-19(20)23-18(15)24-8-6-21-7-9-24/h10-11,21H,3-9H2,1-2H3,(H2,20,22,23). The molecule has 0 radical (unpaired) electrons. The van der Waals surface area contributed by atoms with E-state index >= 15 is 0 Å². The number of fused-ring (bicyclic) bond motifs is 3. The molecule has 5 nitrogen and oxygen atoms in total. The molecule has 5 heteroatoms. The Labute approximate surface area is 143 Å². The number of hydrogen-bond acceptors (Lipinski definition) is 5. The molecule has 1 aliphatic carbocycles. The molecule has 1 fully saturated rings. The number of nitrogen functional groups attached to an aromatic ring is 1. The minimum atomic E-state index is 0.384. The molecule has 2 aliphatic rings. The fourth-order valence-electron chi connectivity index (χ4n) is 4.06. The summed E-state index contributed by atoms with van der Waals surface area (Å²) < 4.78 is 0. The average Bonchev–Trinajstić information content (AvgIpc) is 2.75. The Morgan fingerprint density at radius 3 is 2.58 bits per heavy atom. The topological polar surface area (TPSA) is 67.1 Å². The van der Waals surface area contributed by atoms with E-state index in [4.69, 9.17) is 5.73 Å². The van der Waals surface area contributed by atoms with Gasteiger partial charge < -0.3 is 16.0 Å². The van der Waals surface area contributed by atoms with Crippen LogP contribution in [-0.2, 0) is 12.8 Å². The molecule has 0 amide bonds. The van der Waals surface area contributed by atoms with Crippen LogP contribution in [0, 0.1) is 13.8 Å². The molecule has 3 N–H and O–H groups in total. The van der Waals surface area contributed by atoms with E-state index < -0.39 is 0 Å². The van der Waals surface area contributed by atoms with Gasteiger partial charge in [0, 0.05) is 37.3 Å². The molecule has 1 aromatic carbocycles. The maximum atomic E-state index is 6.11. The third kappa shape index (κ3) is 2.63.